The SMILES string of the molecule is C[C@@H]1C(=O)O[C@H]2[C@H]1CC/C(Cn1cc(-c3cc(C(F)(F)F)cc(C(F)(F)F)c3)nn1)=C\CC[C@@]1(C)O[C@@H]21. The lowest BCUT2D eigenvalue weighted by molar-refractivity contribution is -0.145. The first-order valence-electron chi connectivity index (χ1n) is 12.0. The number of halogens is 6. The summed E-state index contributed by atoms with van der Waals surface area (Å²) in [5, 5.41) is 7.80. The summed E-state index contributed by atoms with van der Waals surface area (Å²) in [6.07, 6.45) is -4.20. The Labute approximate surface area is 208 Å². The number of aromatic nitrogens is 3. The minimum Gasteiger partial charge on any atom is -0.459 e. The molecule has 12 heteroatoms. The van der Waals surface area contributed by atoms with Crippen LogP contribution >= 0.6 is 0 Å². The maximum Gasteiger partial charge on any atom is 0.416 e. The van der Waals surface area contributed by atoms with Gasteiger partial charge in [-0.25, -0.2) is 4.68 Å². The molecule has 3 aliphatic rings. The number of fused-ring (bicyclic) bond motifs is 3. The fourth-order valence-electron chi connectivity index (χ4n) is 5.34. The first kappa shape index (κ1) is 25.7. The Morgan fingerprint density at radius 3 is 2.43 bits per heavy atom. The minimum absolute atomic E-state index is 0.0157. The summed E-state index contributed by atoms with van der Waals surface area (Å²) < 4.78 is 92.4. The van der Waals surface area contributed by atoms with Gasteiger partial charge in [0, 0.05) is 11.5 Å². The Morgan fingerprint density at radius 2 is 1.78 bits per heavy atom. The molecular weight excluding hydrogens is 504 g/mol. The van der Waals surface area contributed by atoms with Crippen molar-refractivity contribution in [2.24, 2.45) is 11.8 Å². The number of alkyl halides is 6. The first-order chi connectivity index (χ1) is 17.2. The van der Waals surface area contributed by atoms with Crippen LogP contribution in [-0.2, 0) is 33.2 Å². The molecule has 200 valence electrons. The molecule has 0 radical (unpaired) electrons. The zero-order valence-corrected chi connectivity index (χ0v) is 20.1. The molecule has 2 aliphatic heterocycles. The lowest BCUT2D eigenvalue weighted by Crippen LogP contribution is -2.30. The van der Waals surface area contributed by atoms with Crippen LogP contribution in [0.2, 0.25) is 0 Å². The van der Waals surface area contributed by atoms with E-state index in [1.165, 1.54) is 10.9 Å². The van der Waals surface area contributed by atoms with E-state index < -0.39 is 23.5 Å². The molecule has 1 aromatic carbocycles. The van der Waals surface area contributed by atoms with Crippen molar-refractivity contribution >= 4 is 5.97 Å². The number of carbonyl (C=O) groups is 1. The molecular formula is C25H25F6N3O3. The molecule has 1 aromatic heterocycles. The van der Waals surface area contributed by atoms with Crippen molar-refractivity contribution in [3.05, 3.63) is 47.2 Å². The number of rotatable bonds is 3. The van der Waals surface area contributed by atoms with Crippen molar-refractivity contribution in [2.75, 3.05) is 0 Å². The second kappa shape index (κ2) is 8.85. The molecule has 37 heavy (non-hydrogen) atoms. The van der Waals surface area contributed by atoms with Crippen molar-refractivity contribution in [3.8, 4) is 11.3 Å². The summed E-state index contributed by atoms with van der Waals surface area (Å²) in [6.45, 7) is 4.10. The highest BCUT2D eigenvalue weighted by Crippen LogP contribution is 2.50. The van der Waals surface area contributed by atoms with Gasteiger partial charge in [-0.1, -0.05) is 23.8 Å². The fourth-order valence-corrected chi connectivity index (χ4v) is 5.34. The maximum atomic E-state index is 13.2. The van der Waals surface area contributed by atoms with Gasteiger partial charge in [0.2, 0.25) is 0 Å². The molecule has 0 bridgehead atoms. The van der Waals surface area contributed by atoms with Crippen LogP contribution < -0.4 is 0 Å². The van der Waals surface area contributed by atoms with E-state index in [-0.39, 0.29) is 59.5 Å². The molecule has 0 N–H and O–H groups in total. The molecule has 0 amide bonds. The molecule has 2 aromatic rings. The number of carbonyl (C=O) groups excluding carboxylic acids is 1. The van der Waals surface area contributed by atoms with E-state index >= 15 is 0 Å². The van der Waals surface area contributed by atoms with Gasteiger partial charge < -0.3 is 9.47 Å². The number of hydrogen-bond acceptors (Lipinski definition) is 5. The van der Waals surface area contributed by atoms with Gasteiger partial charge in [-0.3, -0.25) is 4.79 Å². The van der Waals surface area contributed by atoms with E-state index in [4.69, 9.17) is 9.47 Å². The molecule has 6 nitrogen and oxygen atoms in total. The van der Waals surface area contributed by atoms with Gasteiger partial charge in [-0.15, -0.1) is 5.10 Å². The Morgan fingerprint density at radius 1 is 1.11 bits per heavy atom. The highest BCUT2D eigenvalue weighted by molar-refractivity contribution is 5.75. The van der Waals surface area contributed by atoms with Crippen LogP contribution in [0, 0.1) is 11.8 Å². The van der Waals surface area contributed by atoms with Gasteiger partial charge in [0.05, 0.1) is 35.4 Å². The van der Waals surface area contributed by atoms with Gasteiger partial charge in [-0.2, -0.15) is 26.3 Å². The molecule has 0 saturated carbocycles. The number of hydrogen-bond donors (Lipinski definition) is 0. The predicted molar refractivity (Wildman–Crippen MR) is 118 cm³/mol. The second-order valence-corrected chi connectivity index (χ2v) is 10.2. The van der Waals surface area contributed by atoms with Gasteiger partial charge in [-0.05, 0) is 50.8 Å². The molecule has 0 unspecified atom stereocenters. The largest absolute Gasteiger partial charge is 0.459 e. The fraction of sp³-hybridized carbons (Fsp3) is 0.560. The molecule has 1 aliphatic carbocycles. The zero-order chi connectivity index (χ0) is 26.8. The van der Waals surface area contributed by atoms with Crippen LogP contribution in [0.5, 0.6) is 0 Å². The topological polar surface area (TPSA) is 69.5 Å². The zero-order valence-electron chi connectivity index (χ0n) is 20.1. The normalized spacial score (nSPS) is 31.7. The third kappa shape index (κ3) is 5.12. The highest BCUT2D eigenvalue weighted by atomic mass is 19.4. The van der Waals surface area contributed by atoms with Crippen molar-refractivity contribution in [1.29, 1.82) is 0 Å². The van der Waals surface area contributed by atoms with E-state index in [0.29, 0.717) is 31.4 Å². The van der Waals surface area contributed by atoms with E-state index in [1.54, 1.807) is 0 Å². The number of ether oxygens (including phenoxy) is 2. The number of benzene rings is 1. The summed E-state index contributed by atoms with van der Waals surface area (Å²) in [7, 11) is 0. The lowest BCUT2D eigenvalue weighted by Gasteiger charge is -2.21. The van der Waals surface area contributed by atoms with Gasteiger partial charge in [0.1, 0.15) is 17.9 Å². The van der Waals surface area contributed by atoms with E-state index in [1.807, 2.05) is 13.8 Å². The molecule has 0 spiro atoms. The Kier molecular flexibility index (Phi) is 6.16. The first-order valence-corrected chi connectivity index (χ1v) is 12.0. The number of esters is 1. The average Bonchev–Trinajstić information content (AvgIpc) is 3.11. The summed E-state index contributed by atoms with van der Waals surface area (Å²) in [5.41, 5.74) is -2.63. The van der Waals surface area contributed by atoms with E-state index in [9.17, 15) is 31.1 Å². The number of allylic oxidation sites excluding steroid dienone is 2. The maximum absolute atomic E-state index is 13.2. The minimum atomic E-state index is -4.95. The molecule has 5 rings (SSSR count). The number of nitrogens with zero attached hydrogens (tertiary/aromatic N) is 3. The monoisotopic (exact) mass is 529 g/mol. The van der Waals surface area contributed by atoms with E-state index in [2.05, 4.69) is 16.4 Å². The molecule has 3 heterocycles. The summed E-state index contributed by atoms with van der Waals surface area (Å²) in [4.78, 5) is 12.2. The Bertz CT molecular complexity index is 1200. The van der Waals surface area contributed by atoms with Gasteiger partial charge >= 0.3 is 18.3 Å². The third-order valence-corrected chi connectivity index (χ3v) is 7.59. The number of epoxide rings is 1. The average molecular weight is 529 g/mol. The van der Waals surface area contributed by atoms with E-state index in [0.717, 1.165) is 12.0 Å². The van der Waals surface area contributed by atoms with Crippen LogP contribution in [0.1, 0.15) is 50.7 Å². The molecule has 2 fully saturated rings. The standard InChI is InChI=1S/C25H25F6N3O3/c1-13-18-6-5-14(4-3-7-23(2)21(37-23)20(18)36-22(13)35)11-34-12-19(32-33-34)15-8-16(24(26,27)28)10-17(9-15)25(29,30)31/h4,8-10,12-13,18,20-21H,3,5-7,11H2,1-2H3/b14-4+/t13-,18-,20-,21-,23+/m0/s1. The van der Waals surface area contributed by atoms with Crippen LogP contribution in [0.3, 0.4) is 0 Å². The Balaban J connectivity index is 1.38. The summed E-state index contributed by atoms with van der Waals surface area (Å²) in [6, 6.07) is 1.36. The van der Waals surface area contributed by atoms with Gasteiger partial charge in [0.15, 0.2) is 0 Å². The van der Waals surface area contributed by atoms with Crippen molar-refractivity contribution in [2.45, 2.75) is 76.2 Å². The van der Waals surface area contributed by atoms with Crippen LogP contribution in [0.15, 0.2) is 36.0 Å². The van der Waals surface area contributed by atoms with Crippen molar-refractivity contribution < 1.29 is 40.6 Å². The highest BCUT2D eigenvalue weighted by Gasteiger charge is 2.62. The van der Waals surface area contributed by atoms with Crippen molar-refractivity contribution in [1.82, 2.24) is 15.0 Å². The second-order valence-electron chi connectivity index (χ2n) is 10.2. The van der Waals surface area contributed by atoms with Crippen LogP contribution in [-0.4, -0.2) is 38.8 Å². The lowest BCUT2D eigenvalue weighted by atomic mass is 9.81. The summed E-state index contributed by atoms with van der Waals surface area (Å²) >= 11 is 0. The predicted octanol–water partition coefficient (Wildman–Crippen LogP) is 5.82. The van der Waals surface area contributed by atoms with Crippen molar-refractivity contribution in [3.63, 3.8) is 0 Å². The smallest absolute Gasteiger partial charge is 0.416 e. The Hall–Kier alpha value is -2.89. The molecule has 5 atom stereocenters. The molecule has 2 saturated heterocycles. The summed E-state index contributed by atoms with van der Waals surface area (Å²) in [5.74, 6) is -0.517. The van der Waals surface area contributed by atoms with Crippen LogP contribution in [0.4, 0.5) is 26.3 Å². The van der Waals surface area contributed by atoms with Gasteiger partial charge in [0.25, 0.3) is 0 Å². The third-order valence-electron chi connectivity index (χ3n) is 7.59. The van der Waals surface area contributed by atoms with Crippen LogP contribution in [0.25, 0.3) is 11.3 Å². The quantitative estimate of drug-likeness (QED) is 0.217.